The number of rotatable bonds is 5. The van der Waals surface area contributed by atoms with Gasteiger partial charge in [0.2, 0.25) is 17.1 Å². The average Bonchev–Trinajstić information content (AvgIpc) is 3.15. The fourth-order valence-corrected chi connectivity index (χ4v) is 5.66. The summed E-state index contributed by atoms with van der Waals surface area (Å²) in [5.74, 6) is 1.48. The number of carbonyl (C=O) groups excluding carboxylic acids is 1. The highest BCUT2D eigenvalue weighted by Crippen LogP contribution is 2.50. The van der Waals surface area contributed by atoms with Crippen molar-refractivity contribution < 1.29 is 19.0 Å². The molecule has 0 aromatic heterocycles. The second-order valence-electron chi connectivity index (χ2n) is 9.51. The number of anilines is 1. The van der Waals surface area contributed by atoms with Gasteiger partial charge in [0.15, 0.2) is 11.5 Å². The van der Waals surface area contributed by atoms with Gasteiger partial charge < -0.3 is 24.4 Å². The van der Waals surface area contributed by atoms with Crippen LogP contribution in [-0.2, 0) is 24.2 Å². The highest BCUT2D eigenvalue weighted by atomic mass is 16.5. The minimum atomic E-state index is -0.323. The Morgan fingerprint density at radius 1 is 0.919 bits per heavy atom. The summed E-state index contributed by atoms with van der Waals surface area (Å²) >= 11 is 0. The number of nitrogens with zero attached hydrogens (tertiary/aromatic N) is 1. The summed E-state index contributed by atoms with van der Waals surface area (Å²) < 4.78 is 17.2. The maximum absolute atomic E-state index is 13.7. The number of benzene rings is 2. The number of hydrogen-bond donors (Lipinski definition) is 1. The van der Waals surface area contributed by atoms with Gasteiger partial charge in [-0.1, -0.05) is 30.3 Å². The van der Waals surface area contributed by atoms with Crippen molar-refractivity contribution >= 4 is 11.6 Å². The van der Waals surface area contributed by atoms with E-state index in [-0.39, 0.29) is 17.4 Å². The third kappa shape index (κ3) is 4.50. The average molecular weight is 501 g/mol. The Morgan fingerprint density at radius 2 is 1.68 bits per heavy atom. The summed E-state index contributed by atoms with van der Waals surface area (Å²) in [6.07, 6.45) is 2.18. The first-order valence-electron chi connectivity index (χ1n) is 12.5. The van der Waals surface area contributed by atoms with Crippen molar-refractivity contribution in [1.29, 1.82) is 0 Å². The number of carbonyl (C=O) groups is 1. The predicted octanol–water partition coefficient (Wildman–Crippen LogP) is 4.43. The van der Waals surface area contributed by atoms with Gasteiger partial charge in [-0.2, -0.15) is 0 Å². The quantitative estimate of drug-likeness (QED) is 0.559. The molecule has 1 unspecified atom stereocenters. The molecule has 0 saturated carbocycles. The van der Waals surface area contributed by atoms with E-state index in [0.717, 1.165) is 35.2 Å². The molecule has 0 spiro atoms. The molecule has 3 aromatic rings. The van der Waals surface area contributed by atoms with E-state index in [0.29, 0.717) is 42.3 Å². The lowest BCUT2D eigenvalue weighted by atomic mass is 9.95. The van der Waals surface area contributed by atoms with E-state index in [2.05, 4.69) is 28.4 Å². The van der Waals surface area contributed by atoms with Crippen LogP contribution in [0.2, 0.25) is 0 Å². The van der Waals surface area contributed by atoms with Gasteiger partial charge in [0.25, 0.3) is 0 Å². The summed E-state index contributed by atoms with van der Waals surface area (Å²) in [7, 11) is 4.78. The number of amides is 1. The van der Waals surface area contributed by atoms with Crippen LogP contribution in [0.4, 0.5) is 5.69 Å². The van der Waals surface area contributed by atoms with E-state index in [1.165, 1.54) is 18.1 Å². The van der Waals surface area contributed by atoms with Crippen molar-refractivity contribution in [3.05, 3.63) is 81.0 Å². The molecule has 1 amide bonds. The molecule has 0 radical (unpaired) electrons. The van der Waals surface area contributed by atoms with E-state index in [9.17, 15) is 9.59 Å². The Kier molecular flexibility index (Phi) is 6.78. The van der Waals surface area contributed by atoms with Crippen LogP contribution in [-0.4, -0.2) is 33.8 Å². The molecule has 192 valence electrons. The fraction of sp³-hybridized carbons (Fsp3) is 0.333. The third-order valence-electron chi connectivity index (χ3n) is 7.37. The van der Waals surface area contributed by atoms with Crippen LogP contribution in [0.5, 0.6) is 17.2 Å². The SMILES string of the molecule is COc1cc2c(c(OC)c1OC)-c1ccc(N3CCc4ccccc4C3)c(=O)cc1C(NC(C)=O)CC2. The molecule has 7 heteroatoms. The molecule has 1 atom stereocenters. The number of ether oxygens (including phenoxy) is 3. The van der Waals surface area contributed by atoms with Crippen LogP contribution < -0.4 is 29.9 Å². The first-order chi connectivity index (χ1) is 17.9. The molecule has 7 nitrogen and oxygen atoms in total. The second kappa shape index (κ2) is 10.2. The van der Waals surface area contributed by atoms with Gasteiger partial charge in [-0.15, -0.1) is 0 Å². The molecule has 37 heavy (non-hydrogen) atoms. The number of hydrogen-bond acceptors (Lipinski definition) is 6. The van der Waals surface area contributed by atoms with Crippen molar-refractivity contribution in [2.24, 2.45) is 0 Å². The van der Waals surface area contributed by atoms with Gasteiger partial charge in [-0.25, -0.2) is 0 Å². The van der Waals surface area contributed by atoms with Gasteiger partial charge in [0, 0.05) is 25.6 Å². The van der Waals surface area contributed by atoms with E-state index in [1.807, 2.05) is 24.3 Å². The summed E-state index contributed by atoms with van der Waals surface area (Å²) in [5.41, 5.74) is 6.61. The van der Waals surface area contributed by atoms with Crippen molar-refractivity contribution in [3.8, 4) is 28.4 Å². The van der Waals surface area contributed by atoms with Crippen LogP contribution >= 0.6 is 0 Å². The lowest BCUT2D eigenvalue weighted by Gasteiger charge is -2.29. The Labute approximate surface area is 217 Å². The van der Waals surface area contributed by atoms with Crippen LogP contribution in [0.25, 0.3) is 11.1 Å². The molecule has 5 rings (SSSR count). The Balaban J connectivity index is 1.72. The molecule has 1 aliphatic carbocycles. The summed E-state index contributed by atoms with van der Waals surface area (Å²) in [5, 5.41) is 3.07. The topological polar surface area (TPSA) is 77.1 Å². The zero-order valence-electron chi connectivity index (χ0n) is 21.7. The van der Waals surface area contributed by atoms with Gasteiger partial charge in [-0.3, -0.25) is 9.59 Å². The van der Waals surface area contributed by atoms with Gasteiger partial charge in [0.05, 0.1) is 33.1 Å². The van der Waals surface area contributed by atoms with Crippen LogP contribution in [0.1, 0.15) is 41.6 Å². The van der Waals surface area contributed by atoms with Gasteiger partial charge >= 0.3 is 0 Å². The van der Waals surface area contributed by atoms with Gasteiger partial charge in [-0.05, 0) is 65.3 Å². The summed E-state index contributed by atoms with van der Waals surface area (Å²) in [6, 6.07) is 15.6. The van der Waals surface area contributed by atoms with Crippen molar-refractivity contribution in [1.82, 2.24) is 5.32 Å². The monoisotopic (exact) mass is 500 g/mol. The first-order valence-corrected chi connectivity index (χ1v) is 12.5. The zero-order valence-corrected chi connectivity index (χ0v) is 21.7. The van der Waals surface area contributed by atoms with Gasteiger partial charge in [0.1, 0.15) is 0 Å². The first kappa shape index (κ1) is 24.7. The Bertz CT molecular complexity index is 1420. The molecular weight excluding hydrogens is 468 g/mol. The number of aryl methyl sites for hydroxylation is 1. The Hall–Kier alpha value is -4.00. The summed E-state index contributed by atoms with van der Waals surface area (Å²) in [4.78, 5) is 28.0. The molecule has 2 aliphatic rings. The van der Waals surface area contributed by atoms with E-state index in [4.69, 9.17) is 14.2 Å². The third-order valence-corrected chi connectivity index (χ3v) is 7.37. The van der Waals surface area contributed by atoms with Crippen LogP contribution in [0, 0.1) is 0 Å². The lowest BCUT2D eigenvalue weighted by Crippen LogP contribution is -2.33. The van der Waals surface area contributed by atoms with Crippen LogP contribution in [0.3, 0.4) is 0 Å². The van der Waals surface area contributed by atoms with E-state index in [1.54, 1.807) is 27.4 Å². The molecule has 0 saturated heterocycles. The normalized spacial score (nSPS) is 16.0. The predicted molar refractivity (Wildman–Crippen MR) is 144 cm³/mol. The molecule has 1 heterocycles. The van der Waals surface area contributed by atoms with Crippen LogP contribution in [0.15, 0.2) is 53.3 Å². The fourth-order valence-electron chi connectivity index (χ4n) is 5.66. The number of methoxy groups -OCH3 is 3. The minimum Gasteiger partial charge on any atom is -0.493 e. The molecule has 3 aromatic carbocycles. The van der Waals surface area contributed by atoms with E-state index < -0.39 is 0 Å². The summed E-state index contributed by atoms with van der Waals surface area (Å²) in [6.45, 7) is 2.95. The molecule has 0 fully saturated rings. The highest BCUT2D eigenvalue weighted by Gasteiger charge is 2.30. The van der Waals surface area contributed by atoms with Crippen molar-refractivity contribution in [2.75, 3.05) is 32.8 Å². The van der Waals surface area contributed by atoms with Crippen molar-refractivity contribution in [2.45, 2.75) is 38.8 Å². The van der Waals surface area contributed by atoms with E-state index >= 15 is 0 Å². The smallest absolute Gasteiger partial charge is 0.217 e. The standard InChI is InChI=1S/C30H32N2O5/c1-18(33)31-24-11-9-20-15-27(35-2)29(36-3)30(37-4)28(20)22-10-12-25(26(34)16-23(22)24)32-14-13-19-7-5-6-8-21(19)17-32/h5-8,10,12,15-16,24H,9,11,13-14,17H2,1-4H3,(H,31,33). The highest BCUT2D eigenvalue weighted by molar-refractivity contribution is 5.83. The molecule has 1 N–H and O–H groups in total. The maximum Gasteiger partial charge on any atom is 0.217 e. The Morgan fingerprint density at radius 3 is 2.38 bits per heavy atom. The minimum absolute atomic E-state index is 0.0705. The zero-order chi connectivity index (χ0) is 26.1. The molecular formula is C30H32N2O5. The maximum atomic E-state index is 13.7. The molecule has 0 bridgehead atoms. The largest absolute Gasteiger partial charge is 0.493 e. The lowest BCUT2D eigenvalue weighted by molar-refractivity contribution is -0.119. The van der Waals surface area contributed by atoms with Crippen molar-refractivity contribution in [3.63, 3.8) is 0 Å². The molecule has 1 aliphatic heterocycles. The second-order valence-corrected chi connectivity index (χ2v) is 9.51. The number of nitrogens with one attached hydrogen (secondary N) is 1. The number of fused-ring (bicyclic) bond motifs is 4.